The minimum atomic E-state index is -4.71. The summed E-state index contributed by atoms with van der Waals surface area (Å²) in [7, 11) is 2.04. The Morgan fingerprint density at radius 1 is 1.16 bits per heavy atom. The van der Waals surface area contributed by atoms with Crippen LogP contribution >= 0.6 is 0 Å². The molecule has 2 aliphatic rings. The Kier molecular flexibility index (Phi) is 6.01. The molecule has 0 amide bonds. The molecule has 0 atom stereocenters. The van der Waals surface area contributed by atoms with Gasteiger partial charge in [0.2, 0.25) is 0 Å². The Bertz CT molecular complexity index is 1060. The average molecular weight is 446 g/mol. The fourth-order valence-electron chi connectivity index (χ4n) is 3.70. The molecule has 0 aromatic heterocycles. The predicted molar refractivity (Wildman–Crippen MR) is 115 cm³/mol. The summed E-state index contributed by atoms with van der Waals surface area (Å²) in [6.07, 6.45) is -4.71. The zero-order chi connectivity index (χ0) is 22.9. The van der Waals surface area contributed by atoms with Crippen LogP contribution in [0.4, 0.5) is 23.2 Å². The third-order valence-corrected chi connectivity index (χ3v) is 5.51. The first-order valence-electron chi connectivity index (χ1n) is 10.1. The molecule has 0 aliphatic carbocycles. The summed E-state index contributed by atoms with van der Waals surface area (Å²) in [5.41, 5.74) is 2.71. The van der Waals surface area contributed by atoms with Gasteiger partial charge in [0.25, 0.3) is 0 Å². The molecule has 5 nitrogen and oxygen atoms in total. The second kappa shape index (κ2) is 8.74. The van der Waals surface area contributed by atoms with Crippen LogP contribution in [0.3, 0.4) is 0 Å². The largest absolute Gasteiger partial charge is 0.470 e. The van der Waals surface area contributed by atoms with E-state index in [4.69, 9.17) is 0 Å². The maximum Gasteiger partial charge on any atom is 0.470 e. The summed E-state index contributed by atoms with van der Waals surface area (Å²) in [6, 6.07) is 14.1. The Balaban J connectivity index is 1.56. The molecular formula is C23H22F4N4O. The topological polar surface area (TPSA) is 40.4 Å². The minimum Gasteiger partial charge on any atom is -0.467 e. The van der Waals surface area contributed by atoms with Gasteiger partial charge >= 0.3 is 12.1 Å². The standard InChI is InChI=1S/C23H22F4N4O/c1-15(18-11-30(2)12-18)31(19-6-4-3-5-7-19)13-17-9-8-16(10-20(17)24)21-14-32-22(29-28-21)23(25,26)27/h3-10,18H,1,11-14H2,2H3. The Morgan fingerprint density at radius 2 is 1.88 bits per heavy atom. The van der Waals surface area contributed by atoms with E-state index in [1.165, 1.54) is 6.07 Å². The number of benzene rings is 2. The van der Waals surface area contributed by atoms with Gasteiger partial charge in [-0.25, -0.2) is 4.39 Å². The van der Waals surface area contributed by atoms with E-state index in [1.807, 2.05) is 42.3 Å². The number of halogens is 4. The van der Waals surface area contributed by atoms with Crippen LogP contribution in [0.2, 0.25) is 0 Å². The molecule has 4 rings (SSSR count). The van der Waals surface area contributed by atoms with Gasteiger partial charge in [0.1, 0.15) is 18.1 Å². The molecule has 0 spiro atoms. The van der Waals surface area contributed by atoms with Crippen molar-refractivity contribution >= 4 is 17.3 Å². The summed E-state index contributed by atoms with van der Waals surface area (Å²) in [4.78, 5) is 4.19. The van der Waals surface area contributed by atoms with Crippen LogP contribution in [-0.4, -0.2) is 49.4 Å². The molecule has 2 heterocycles. The lowest BCUT2D eigenvalue weighted by molar-refractivity contribution is -0.0774. The second-order valence-electron chi connectivity index (χ2n) is 7.88. The van der Waals surface area contributed by atoms with Crippen LogP contribution in [0.15, 0.2) is 71.0 Å². The lowest BCUT2D eigenvalue weighted by Gasteiger charge is -2.41. The first-order chi connectivity index (χ1) is 15.2. The van der Waals surface area contributed by atoms with Gasteiger partial charge < -0.3 is 14.5 Å². The molecule has 0 bridgehead atoms. The number of rotatable bonds is 6. The van der Waals surface area contributed by atoms with Crippen LogP contribution < -0.4 is 4.90 Å². The van der Waals surface area contributed by atoms with Gasteiger partial charge in [-0.3, -0.25) is 0 Å². The van der Waals surface area contributed by atoms with Crippen molar-refractivity contribution in [3.8, 4) is 0 Å². The fraction of sp³-hybridized carbons (Fsp3) is 0.304. The Morgan fingerprint density at radius 3 is 2.44 bits per heavy atom. The van der Waals surface area contributed by atoms with Crippen LogP contribution in [0, 0.1) is 11.7 Å². The quantitative estimate of drug-likeness (QED) is 0.609. The summed E-state index contributed by atoms with van der Waals surface area (Å²) >= 11 is 0. The number of anilines is 1. The SMILES string of the molecule is C=C(C1CN(C)C1)N(Cc1ccc(C2=NN=C(C(F)(F)F)OC2)cc1F)c1ccccc1. The number of para-hydroxylation sites is 1. The first kappa shape index (κ1) is 22.0. The highest BCUT2D eigenvalue weighted by molar-refractivity contribution is 6.04. The molecule has 2 aliphatic heterocycles. The Hall–Kier alpha value is -3.20. The van der Waals surface area contributed by atoms with Crippen molar-refractivity contribution in [2.45, 2.75) is 12.7 Å². The predicted octanol–water partition coefficient (Wildman–Crippen LogP) is 4.60. The lowest BCUT2D eigenvalue weighted by Crippen LogP contribution is -2.47. The van der Waals surface area contributed by atoms with E-state index in [2.05, 4.69) is 26.4 Å². The van der Waals surface area contributed by atoms with Gasteiger partial charge in [0.15, 0.2) is 0 Å². The third-order valence-electron chi connectivity index (χ3n) is 5.51. The van der Waals surface area contributed by atoms with Crippen LogP contribution in [0.1, 0.15) is 11.1 Å². The molecule has 1 saturated heterocycles. The third kappa shape index (κ3) is 4.67. The zero-order valence-electron chi connectivity index (χ0n) is 17.4. The van der Waals surface area contributed by atoms with Crippen LogP contribution in [0.25, 0.3) is 0 Å². The first-order valence-corrected chi connectivity index (χ1v) is 10.1. The second-order valence-corrected chi connectivity index (χ2v) is 7.88. The summed E-state index contributed by atoms with van der Waals surface area (Å²) in [5, 5.41) is 6.64. The van der Waals surface area contributed by atoms with E-state index in [0.29, 0.717) is 11.1 Å². The number of likely N-dealkylation sites (tertiary alicyclic amines) is 1. The summed E-state index contributed by atoms with van der Waals surface area (Å²) in [6.45, 7) is 5.89. The molecule has 168 valence electrons. The molecule has 0 unspecified atom stereocenters. The fourth-order valence-corrected chi connectivity index (χ4v) is 3.70. The summed E-state index contributed by atoms with van der Waals surface area (Å²) < 4.78 is 57.5. The molecule has 2 aromatic carbocycles. The molecule has 9 heteroatoms. The van der Waals surface area contributed by atoms with Crippen molar-refractivity contribution < 1.29 is 22.3 Å². The van der Waals surface area contributed by atoms with E-state index >= 15 is 0 Å². The minimum absolute atomic E-state index is 0.130. The van der Waals surface area contributed by atoms with E-state index < -0.39 is 24.5 Å². The van der Waals surface area contributed by atoms with Crippen molar-refractivity contribution in [3.05, 3.63) is 77.8 Å². The number of hydrogen-bond acceptors (Lipinski definition) is 5. The highest BCUT2D eigenvalue weighted by Gasteiger charge is 2.40. The molecule has 2 aromatic rings. The molecule has 0 saturated carbocycles. The van der Waals surface area contributed by atoms with E-state index in [1.54, 1.807) is 12.1 Å². The smallest absolute Gasteiger partial charge is 0.467 e. The average Bonchev–Trinajstić information content (AvgIpc) is 2.76. The van der Waals surface area contributed by atoms with Crippen molar-refractivity contribution in [3.63, 3.8) is 0 Å². The van der Waals surface area contributed by atoms with E-state index in [9.17, 15) is 17.6 Å². The van der Waals surface area contributed by atoms with Crippen LogP contribution in [-0.2, 0) is 11.3 Å². The molecule has 0 radical (unpaired) electrons. The summed E-state index contributed by atoms with van der Waals surface area (Å²) in [5.74, 6) is -1.61. The van der Waals surface area contributed by atoms with Crippen molar-refractivity contribution in [1.82, 2.24) is 4.90 Å². The van der Waals surface area contributed by atoms with Gasteiger partial charge in [-0.1, -0.05) is 36.9 Å². The molecule has 0 N–H and O–H groups in total. The van der Waals surface area contributed by atoms with Gasteiger partial charge in [-0.2, -0.15) is 13.2 Å². The van der Waals surface area contributed by atoms with Crippen LogP contribution in [0.5, 0.6) is 0 Å². The number of ether oxygens (including phenoxy) is 1. The molecule has 32 heavy (non-hydrogen) atoms. The van der Waals surface area contributed by atoms with E-state index in [0.717, 1.165) is 24.5 Å². The molecule has 1 fully saturated rings. The van der Waals surface area contributed by atoms with Crippen molar-refractivity contribution in [2.75, 3.05) is 31.6 Å². The zero-order valence-corrected chi connectivity index (χ0v) is 17.4. The van der Waals surface area contributed by atoms with Gasteiger partial charge in [0.05, 0.1) is 6.54 Å². The molecular weight excluding hydrogens is 424 g/mol. The number of alkyl halides is 3. The normalized spacial score (nSPS) is 17.2. The van der Waals surface area contributed by atoms with Gasteiger partial charge in [0, 0.05) is 41.5 Å². The number of nitrogens with zero attached hydrogens (tertiary/aromatic N) is 4. The van der Waals surface area contributed by atoms with Crippen molar-refractivity contribution in [2.24, 2.45) is 16.1 Å². The van der Waals surface area contributed by atoms with Crippen molar-refractivity contribution in [1.29, 1.82) is 0 Å². The van der Waals surface area contributed by atoms with E-state index in [-0.39, 0.29) is 18.2 Å². The maximum atomic E-state index is 15.0. The van der Waals surface area contributed by atoms with Gasteiger partial charge in [-0.15, -0.1) is 10.2 Å². The monoisotopic (exact) mass is 446 g/mol. The highest BCUT2D eigenvalue weighted by atomic mass is 19.4. The number of hydrogen-bond donors (Lipinski definition) is 0. The Labute approximate surface area is 183 Å². The highest BCUT2D eigenvalue weighted by Crippen LogP contribution is 2.30. The maximum absolute atomic E-state index is 15.0. The lowest BCUT2D eigenvalue weighted by atomic mass is 9.96. The van der Waals surface area contributed by atoms with Gasteiger partial charge in [-0.05, 0) is 25.2 Å².